The summed E-state index contributed by atoms with van der Waals surface area (Å²) in [5.41, 5.74) is 0. The van der Waals surface area contributed by atoms with Gasteiger partial charge in [-0.1, -0.05) is 63.7 Å². The summed E-state index contributed by atoms with van der Waals surface area (Å²) >= 11 is 12.9. The molecule has 0 N–H and O–H groups in total. The third kappa shape index (κ3) is 8.95. The number of hydrogen-bond acceptors (Lipinski definition) is 4. The predicted octanol–water partition coefficient (Wildman–Crippen LogP) is 3.08. The van der Waals surface area contributed by atoms with Gasteiger partial charge < -0.3 is 0 Å². The molecule has 0 aliphatic carbocycles. The average Bonchev–Trinajstić information content (AvgIpc) is 2.26. The monoisotopic (exact) mass is 486 g/mol. The maximum atomic E-state index is 11.1. The molecular formula is C8H10Br4O4. The van der Waals surface area contributed by atoms with Gasteiger partial charge in [-0.3, -0.25) is 0 Å². The van der Waals surface area contributed by atoms with Gasteiger partial charge in [-0.05, 0) is 0 Å². The molecule has 0 heterocycles. The number of halogens is 4. The smallest absolute Gasteiger partial charge is 0.247 e. The van der Waals surface area contributed by atoms with E-state index in [0.717, 1.165) is 0 Å². The maximum Gasteiger partial charge on any atom is 0.356 e. The van der Waals surface area contributed by atoms with Gasteiger partial charge in [-0.2, -0.15) is 0 Å². The summed E-state index contributed by atoms with van der Waals surface area (Å²) in [6.07, 6.45) is 0.267. The quantitative estimate of drug-likeness (QED) is 0.327. The Kier molecular flexibility index (Phi) is 10.4. The van der Waals surface area contributed by atoms with Crippen LogP contribution in [0.5, 0.6) is 0 Å². The molecule has 94 valence electrons. The lowest BCUT2D eigenvalue weighted by atomic mass is 10.3. The van der Waals surface area contributed by atoms with Crippen molar-refractivity contribution in [2.45, 2.75) is 22.5 Å². The second-order valence-corrected chi connectivity index (χ2v) is 6.71. The second kappa shape index (κ2) is 9.85. The van der Waals surface area contributed by atoms with Crippen molar-refractivity contribution in [1.82, 2.24) is 0 Å². The van der Waals surface area contributed by atoms with E-state index in [2.05, 4.69) is 73.5 Å². The predicted molar refractivity (Wildman–Crippen MR) is 74.4 cm³/mol. The first-order valence-electron chi connectivity index (χ1n) is 4.29. The fourth-order valence-electron chi connectivity index (χ4n) is 0.632. The molecule has 0 aromatic rings. The number of alkyl halides is 4. The molecule has 2 unspecified atom stereocenters. The first-order valence-corrected chi connectivity index (χ1v) is 8.37. The molecule has 0 spiro atoms. The Morgan fingerprint density at radius 3 is 1.44 bits per heavy atom. The standard InChI is InChI=1S/C8H10Br4O4/c9-3-5(11)1-7(13)15-16-8(14)2-6(12)4-10/h5-6H,1-4H2. The molecule has 2 atom stereocenters. The number of carbonyl (C=O) groups is 2. The van der Waals surface area contributed by atoms with Crippen LogP contribution >= 0.6 is 63.7 Å². The van der Waals surface area contributed by atoms with E-state index in [9.17, 15) is 9.59 Å². The summed E-state index contributed by atoms with van der Waals surface area (Å²) < 4.78 is 0. The highest BCUT2D eigenvalue weighted by Crippen LogP contribution is 2.11. The molecule has 0 aliphatic heterocycles. The van der Waals surface area contributed by atoms with Crippen molar-refractivity contribution >= 4 is 75.7 Å². The molecule has 0 radical (unpaired) electrons. The van der Waals surface area contributed by atoms with E-state index < -0.39 is 11.9 Å². The van der Waals surface area contributed by atoms with Crippen LogP contribution in [0.1, 0.15) is 12.8 Å². The van der Waals surface area contributed by atoms with Crippen LogP contribution in [-0.2, 0) is 19.4 Å². The average molecular weight is 490 g/mol. The van der Waals surface area contributed by atoms with Crippen molar-refractivity contribution < 1.29 is 19.4 Å². The van der Waals surface area contributed by atoms with Crippen LogP contribution < -0.4 is 0 Å². The first kappa shape index (κ1) is 16.9. The minimum Gasteiger partial charge on any atom is -0.247 e. The minimum atomic E-state index is -0.584. The molecule has 16 heavy (non-hydrogen) atoms. The van der Waals surface area contributed by atoms with Crippen molar-refractivity contribution in [3.8, 4) is 0 Å². The van der Waals surface area contributed by atoms with E-state index in [4.69, 9.17) is 0 Å². The zero-order chi connectivity index (χ0) is 12.6. The number of rotatable bonds is 6. The SMILES string of the molecule is O=C(CC(Br)CBr)OOC(=O)CC(Br)CBr. The molecule has 0 aliphatic rings. The van der Waals surface area contributed by atoms with Gasteiger partial charge in [0, 0.05) is 20.3 Å². The summed E-state index contributed by atoms with van der Waals surface area (Å²) in [5, 5.41) is 1.23. The van der Waals surface area contributed by atoms with E-state index >= 15 is 0 Å². The Morgan fingerprint density at radius 2 is 1.19 bits per heavy atom. The Labute approximate surface area is 127 Å². The van der Waals surface area contributed by atoms with E-state index in [1.807, 2.05) is 0 Å². The molecule has 8 heteroatoms. The second-order valence-electron chi connectivity index (χ2n) is 2.82. The van der Waals surface area contributed by atoms with Gasteiger partial charge in [0.25, 0.3) is 0 Å². The fourth-order valence-corrected chi connectivity index (χ4v) is 1.62. The molecule has 0 amide bonds. The van der Waals surface area contributed by atoms with Gasteiger partial charge in [-0.25, -0.2) is 19.4 Å². The van der Waals surface area contributed by atoms with Crippen LogP contribution in [0.15, 0.2) is 0 Å². The summed E-state index contributed by atoms with van der Waals surface area (Å²) in [4.78, 5) is 30.8. The highest BCUT2D eigenvalue weighted by Gasteiger charge is 2.16. The normalized spacial score (nSPS) is 14.0. The molecule has 0 rings (SSSR count). The Bertz CT molecular complexity index is 212. The zero-order valence-electron chi connectivity index (χ0n) is 8.13. The van der Waals surface area contributed by atoms with Gasteiger partial charge in [0.15, 0.2) is 0 Å². The Morgan fingerprint density at radius 1 is 0.875 bits per heavy atom. The lowest BCUT2D eigenvalue weighted by Crippen LogP contribution is -2.17. The van der Waals surface area contributed by atoms with Crippen molar-refractivity contribution in [3.63, 3.8) is 0 Å². The highest BCUT2D eigenvalue weighted by atomic mass is 79.9. The van der Waals surface area contributed by atoms with Crippen LogP contribution in [0.2, 0.25) is 0 Å². The van der Waals surface area contributed by atoms with E-state index in [-0.39, 0.29) is 22.5 Å². The van der Waals surface area contributed by atoms with Crippen molar-refractivity contribution in [3.05, 3.63) is 0 Å². The number of carbonyl (C=O) groups excluding carboxylic acids is 2. The van der Waals surface area contributed by atoms with Crippen LogP contribution in [0.25, 0.3) is 0 Å². The summed E-state index contributed by atoms with van der Waals surface area (Å²) in [5.74, 6) is -1.17. The topological polar surface area (TPSA) is 52.6 Å². The summed E-state index contributed by atoms with van der Waals surface area (Å²) in [6.45, 7) is 0. The molecule has 0 saturated carbocycles. The van der Waals surface area contributed by atoms with Gasteiger partial charge in [0.05, 0.1) is 12.8 Å². The van der Waals surface area contributed by atoms with Gasteiger partial charge in [0.2, 0.25) is 0 Å². The third-order valence-corrected chi connectivity index (χ3v) is 5.93. The van der Waals surface area contributed by atoms with Crippen LogP contribution in [0.3, 0.4) is 0 Å². The van der Waals surface area contributed by atoms with Crippen molar-refractivity contribution in [2.24, 2.45) is 0 Å². The zero-order valence-corrected chi connectivity index (χ0v) is 14.5. The van der Waals surface area contributed by atoms with Gasteiger partial charge >= 0.3 is 11.9 Å². The Balaban J connectivity index is 3.71. The van der Waals surface area contributed by atoms with Crippen LogP contribution in [0.4, 0.5) is 0 Å². The van der Waals surface area contributed by atoms with Crippen LogP contribution in [0, 0.1) is 0 Å². The molecule has 0 aromatic heterocycles. The molecule has 0 bridgehead atoms. The fraction of sp³-hybridized carbons (Fsp3) is 0.750. The van der Waals surface area contributed by atoms with Gasteiger partial charge in [-0.15, -0.1) is 0 Å². The highest BCUT2D eigenvalue weighted by molar-refractivity contribution is 9.12. The molecule has 0 saturated heterocycles. The van der Waals surface area contributed by atoms with E-state index in [1.165, 1.54) is 0 Å². The summed E-state index contributed by atoms with van der Waals surface area (Å²) in [7, 11) is 0. The first-order chi connectivity index (χ1) is 7.49. The molecule has 4 nitrogen and oxygen atoms in total. The molecular weight excluding hydrogens is 480 g/mol. The number of hydrogen-bond donors (Lipinski definition) is 0. The summed E-state index contributed by atoms with van der Waals surface area (Å²) in [6, 6.07) is 0. The lowest BCUT2D eigenvalue weighted by Gasteiger charge is -2.06. The van der Waals surface area contributed by atoms with E-state index in [1.54, 1.807) is 0 Å². The Hall–Kier alpha value is 0.860. The largest absolute Gasteiger partial charge is 0.356 e. The molecule has 0 aromatic carbocycles. The maximum absolute atomic E-state index is 11.1. The van der Waals surface area contributed by atoms with E-state index in [0.29, 0.717) is 10.7 Å². The minimum absolute atomic E-state index is 0.0369. The lowest BCUT2D eigenvalue weighted by molar-refractivity contribution is -0.258. The van der Waals surface area contributed by atoms with Crippen molar-refractivity contribution in [2.75, 3.05) is 10.7 Å². The third-order valence-electron chi connectivity index (χ3n) is 1.34. The van der Waals surface area contributed by atoms with Crippen molar-refractivity contribution in [1.29, 1.82) is 0 Å². The van der Waals surface area contributed by atoms with Crippen LogP contribution in [-0.4, -0.2) is 32.3 Å². The molecule has 0 fully saturated rings. The van der Waals surface area contributed by atoms with Gasteiger partial charge in [0.1, 0.15) is 0 Å².